The van der Waals surface area contributed by atoms with E-state index in [1.165, 1.54) is 12.8 Å². The summed E-state index contributed by atoms with van der Waals surface area (Å²) in [5, 5.41) is 46.3. The van der Waals surface area contributed by atoms with Crippen LogP contribution in [0.25, 0.3) is 0 Å². The van der Waals surface area contributed by atoms with Crippen LogP contribution in [0.3, 0.4) is 0 Å². The molecule has 1 saturated heterocycles. The van der Waals surface area contributed by atoms with E-state index in [0.717, 1.165) is 75.8 Å². The van der Waals surface area contributed by atoms with Crippen molar-refractivity contribution in [2.45, 2.75) is 204 Å². The molecule has 3 aromatic rings. The van der Waals surface area contributed by atoms with Gasteiger partial charge in [-0.1, -0.05) is 38.5 Å². The van der Waals surface area contributed by atoms with Gasteiger partial charge in [-0.05, 0) is 93.0 Å². The Hall–Kier alpha value is -5.49. The van der Waals surface area contributed by atoms with Crippen LogP contribution in [-0.2, 0) is 29.1 Å². The minimum absolute atomic E-state index is 0.0590. The van der Waals surface area contributed by atoms with Crippen molar-refractivity contribution in [3.8, 4) is 34.5 Å². The third-order valence-electron chi connectivity index (χ3n) is 14.3. The number of aliphatic hydroxyl groups excluding tert-OH is 4. The SMILES string of the molecule is CC(C)(C)OC(=O)N(Cc1cc2c(cn1)OCCO2)[C@@H]1CCCC[C@H]1O.CC(C)(C)OC(=O)N(Cc1cc2c(cn1)OCCO2)[C@@H]1CCNC[C@H]1O.N[C@@H]1CCCC[C@H]1O.O[C@@H]1CCCC[C@H]1NCc1cc2c(cn1)OCCO2. The molecule has 8 N–H and O–H groups in total. The lowest BCUT2D eigenvalue weighted by Crippen LogP contribution is -2.55. The number of nitrogens with one attached hydrogen (secondary N) is 2. The zero-order valence-electron chi connectivity index (χ0n) is 47.2. The predicted molar refractivity (Wildman–Crippen MR) is 292 cm³/mol. The van der Waals surface area contributed by atoms with Gasteiger partial charge in [0.15, 0.2) is 34.5 Å². The van der Waals surface area contributed by atoms with Crippen LogP contribution in [0.1, 0.15) is 142 Å². The molecule has 4 fully saturated rings. The number of aromatic nitrogens is 3. The first-order valence-electron chi connectivity index (χ1n) is 28.4. The molecule has 10 rings (SSSR count). The maximum Gasteiger partial charge on any atom is 0.410 e. The monoisotopic (exact) mass is 1110 g/mol. The number of nitrogens with two attached hydrogens (primary N) is 1. The summed E-state index contributed by atoms with van der Waals surface area (Å²) in [6, 6.07) is 5.12. The van der Waals surface area contributed by atoms with Crippen molar-refractivity contribution < 1.29 is 67.9 Å². The van der Waals surface area contributed by atoms with Crippen LogP contribution in [0, 0.1) is 0 Å². The first kappa shape index (κ1) is 61.1. The number of pyridine rings is 3. The van der Waals surface area contributed by atoms with Crippen molar-refractivity contribution in [2.24, 2.45) is 5.73 Å². The van der Waals surface area contributed by atoms with E-state index < -0.39 is 35.6 Å². The Balaban J connectivity index is 0.000000161. The summed E-state index contributed by atoms with van der Waals surface area (Å²) in [7, 11) is 0. The van der Waals surface area contributed by atoms with E-state index in [-0.39, 0.29) is 49.5 Å². The molecule has 3 aliphatic carbocycles. The number of piperidine rings is 1. The van der Waals surface area contributed by atoms with E-state index in [0.29, 0.717) is 106 Å². The molecule has 7 aliphatic rings. The summed E-state index contributed by atoms with van der Waals surface area (Å²) in [6.07, 6.45) is 14.9. The lowest BCUT2D eigenvalue weighted by molar-refractivity contribution is -0.0201. The standard InChI is InChI=1S/C19H28N2O5.C18H27N3O5.C14H20N2O3.C6H13NO/c1-19(2,3)26-18(23)21(14-6-4-5-7-15(14)22)12-13-10-16-17(11-20-13)25-9-8-24-16;1-18(2,3)26-17(23)21(13-4-5-19-9-14(13)22)11-12-8-15-16(10-20-12)25-7-6-24-15;17-12-4-2-1-3-11(12)16-8-10-7-13-14(9-15-10)19-6-5-18-13;7-5-3-1-2-4-6(5)8/h10-11,14-15,22H,4-9,12H2,1-3H3;8,10,13-14,19,22H,4-7,9,11H2,1-3H3;7,9,11-12,16-17H,1-6,8H2;5-6,8H,1-4,7H2/t14-,15-;13-,14-;11-,12-;5-,6-/m1111/s1. The Morgan fingerprint density at radius 2 is 0.962 bits per heavy atom. The molecule has 4 aliphatic heterocycles. The highest BCUT2D eigenvalue weighted by Crippen LogP contribution is 2.34. The van der Waals surface area contributed by atoms with Crippen molar-refractivity contribution in [1.29, 1.82) is 0 Å². The molecule has 2 amide bonds. The molecule has 8 atom stereocenters. The highest BCUT2D eigenvalue weighted by molar-refractivity contribution is 5.69. The number of fused-ring (bicyclic) bond motifs is 3. The van der Waals surface area contributed by atoms with Crippen molar-refractivity contribution in [2.75, 3.05) is 52.7 Å². The number of aliphatic hydroxyl groups is 4. The number of nitrogens with zero attached hydrogens (tertiary/aromatic N) is 5. The van der Waals surface area contributed by atoms with Crippen LogP contribution in [0.2, 0.25) is 0 Å². The molecule has 22 heteroatoms. The second-order valence-corrected chi connectivity index (χ2v) is 23.1. The lowest BCUT2D eigenvalue weighted by Gasteiger charge is -2.38. The zero-order chi connectivity index (χ0) is 56.5. The lowest BCUT2D eigenvalue weighted by atomic mass is 9.91. The smallest absolute Gasteiger partial charge is 0.410 e. The zero-order valence-corrected chi connectivity index (χ0v) is 47.2. The fourth-order valence-corrected chi connectivity index (χ4v) is 10.2. The van der Waals surface area contributed by atoms with Gasteiger partial charge in [0.2, 0.25) is 0 Å². The minimum atomic E-state index is -0.659. The molecule has 7 heterocycles. The van der Waals surface area contributed by atoms with Crippen LogP contribution in [0.5, 0.6) is 34.5 Å². The summed E-state index contributed by atoms with van der Waals surface area (Å²) < 4.78 is 44.3. The second kappa shape index (κ2) is 29.3. The number of hydrogen-bond acceptors (Lipinski definition) is 20. The molecule has 0 aromatic carbocycles. The summed E-state index contributed by atoms with van der Waals surface area (Å²) in [6.45, 7) is 16.4. The molecule has 0 radical (unpaired) electrons. The molecule has 79 heavy (non-hydrogen) atoms. The number of rotatable bonds is 9. The molecule has 3 aromatic heterocycles. The Kier molecular flexibility index (Phi) is 22.7. The highest BCUT2D eigenvalue weighted by Gasteiger charge is 2.37. The summed E-state index contributed by atoms with van der Waals surface area (Å²) in [4.78, 5) is 41.9. The maximum atomic E-state index is 12.8. The van der Waals surface area contributed by atoms with Crippen molar-refractivity contribution >= 4 is 12.2 Å². The predicted octanol–water partition coefficient (Wildman–Crippen LogP) is 5.70. The number of carbonyl (C=O) groups is 2. The van der Waals surface area contributed by atoms with Gasteiger partial charge in [-0.15, -0.1) is 0 Å². The van der Waals surface area contributed by atoms with Gasteiger partial charge < -0.3 is 74.7 Å². The van der Waals surface area contributed by atoms with Crippen LogP contribution < -0.4 is 44.8 Å². The molecule has 0 bridgehead atoms. The molecular formula is C57H88N8O14. The Morgan fingerprint density at radius 3 is 1.39 bits per heavy atom. The fraction of sp³-hybridized carbons (Fsp3) is 0.702. The molecule has 0 spiro atoms. The van der Waals surface area contributed by atoms with Gasteiger partial charge in [0, 0.05) is 43.4 Å². The second-order valence-electron chi connectivity index (χ2n) is 23.1. The third-order valence-corrected chi connectivity index (χ3v) is 14.3. The largest absolute Gasteiger partial charge is 0.486 e. The number of carbonyl (C=O) groups excluding carboxylic acids is 2. The Bertz CT molecular complexity index is 2270. The normalized spacial score (nSPS) is 25.2. The maximum absolute atomic E-state index is 12.8. The average molecular weight is 1110 g/mol. The fourth-order valence-electron chi connectivity index (χ4n) is 10.2. The van der Waals surface area contributed by atoms with E-state index >= 15 is 0 Å². The Morgan fingerprint density at radius 1 is 0.557 bits per heavy atom. The van der Waals surface area contributed by atoms with Crippen molar-refractivity contribution in [3.63, 3.8) is 0 Å². The third kappa shape index (κ3) is 19.1. The van der Waals surface area contributed by atoms with E-state index in [1.807, 2.05) is 47.6 Å². The molecular weight excluding hydrogens is 1020 g/mol. The summed E-state index contributed by atoms with van der Waals surface area (Å²) in [5.41, 5.74) is 6.56. The van der Waals surface area contributed by atoms with Gasteiger partial charge in [-0.2, -0.15) is 0 Å². The van der Waals surface area contributed by atoms with E-state index in [1.54, 1.807) is 40.5 Å². The molecule has 0 unspecified atom stereocenters. The minimum Gasteiger partial charge on any atom is -0.486 e. The van der Waals surface area contributed by atoms with E-state index in [4.69, 9.17) is 48.7 Å². The van der Waals surface area contributed by atoms with Crippen LogP contribution in [-0.4, -0.2) is 170 Å². The van der Waals surface area contributed by atoms with E-state index in [9.17, 15) is 24.9 Å². The van der Waals surface area contributed by atoms with Crippen LogP contribution in [0.15, 0.2) is 36.8 Å². The van der Waals surface area contributed by atoms with Gasteiger partial charge in [0.25, 0.3) is 0 Å². The number of β-amino-alcohol motifs (C(OH)–C–C–N with tert-alkyl or cyclic N) is 1. The first-order valence-corrected chi connectivity index (χ1v) is 28.4. The van der Waals surface area contributed by atoms with Crippen LogP contribution in [0.4, 0.5) is 9.59 Å². The van der Waals surface area contributed by atoms with Gasteiger partial charge in [-0.3, -0.25) is 24.8 Å². The van der Waals surface area contributed by atoms with Gasteiger partial charge in [0.05, 0.1) is 85.3 Å². The number of hydrogen-bond donors (Lipinski definition) is 7. The average Bonchev–Trinajstić information content (AvgIpc) is 3.44. The van der Waals surface area contributed by atoms with Gasteiger partial charge in [-0.25, -0.2) is 9.59 Å². The highest BCUT2D eigenvalue weighted by atomic mass is 16.6. The quantitative estimate of drug-likeness (QED) is 0.135. The number of amides is 2. The Labute approximate surface area is 465 Å². The molecule has 22 nitrogen and oxygen atoms in total. The summed E-state index contributed by atoms with van der Waals surface area (Å²) in [5.74, 6) is 3.95. The first-order chi connectivity index (χ1) is 37.8. The van der Waals surface area contributed by atoms with Crippen LogP contribution >= 0.6 is 0 Å². The molecule has 3 saturated carbocycles. The van der Waals surface area contributed by atoms with E-state index in [2.05, 4.69) is 25.6 Å². The number of ether oxygens (including phenoxy) is 8. The van der Waals surface area contributed by atoms with Gasteiger partial charge in [0.1, 0.15) is 50.8 Å². The van der Waals surface area contributed by atoms with Gasteiger partial charge >= 0.3 is 12.2 Å². The van der Waals surface area contributed by atoms with Crippen molar-refractivity contribution in [1.82, 2.24) is 35.4 Å². The summed E-state index contributed by atoms with van der Waals surface area (Å²) >= 11 is 0. The molecule has 440 valence electrons. The topological polar surface area (TPSA) is 284 Å². The van der Waals surface area contributed by atoms with Crippen molar-refractivity contribution in [3.05, 3.63) is 53.9 Å².